The molecule has 2 aromatic heterocycles. The molecule has 4 rings (SSSR count). The maximum atomic E-state index is 4.82. The van der Waals surface area contributed by atoms with Crippen molar-refractivity contribution in [1.82, 2.24) is 24.6 Å². The lowest BCUT2D eigenvalue weighted by molar-refractivity contribution is 0.249. The quantitative estimate of drug-likeness (QED) is 0.856. The van der Waals surface area contributed by atoms with Crippen LogP contribution in [0.5, 0.6) is 0 Å². The summed E-state index contributed by atoms with van der Waals surface area (Å²) in [4.78, 5) is 14.3. The van der Waals surface area contributed by atoms with Crippen LogP contribution in [0.15, 0.2) is 18.5 Å². The van der Waals surface area contributed by atoms with Crippen LogP contribution in [0.25, 0.3) is 5.82 Å². The van der Waals surface area contributed by atoms with Gasteiger partial charge in [-0.1, -0.05) is 0 Å². The number of piperidine rings is 1. The summed E-state index contributed by atoms with van der Waals surface area (Å²) in [5, 5.41) is 4.53. The van der Waals surface area contributed by atoms with E-state index in [1.54, 1.807) is 6.20 Å². The third kappa shape index (κ3) is 3.68. The topological polar surface area (TPSA) is 50.1 Å². The molecule has 4 heterocycles. The Morgan fingerprint density at radius 3 is 2.40 bits per heavy atom. The second kappa shape index (κ2) is 7.12. The lowest BCUT2D eigenvalue weighted by Gasteiger charge is -2.34. The van der Waals surface area contributed by atoms with Crippen LogP contribution in [0.2, 0.25) is 0 Å². The molecule has 0 N–H and O–H groups in total. The van der Waals surface area contributed by atoms with E-state index in [0.717, 1.165) is 42.0 Å². The maximum Gasteiger partial charge on any atom is 0.174 e. The SMILES string of the molecule is Cc1cc(C)n(-c2cncc(N3CCC(CN4CCCC4)CC3)n2)n1. The molecule has 0 aliphatic carbocycles. The van der Waals surface area contributed by atoms with Crippen LogP contribution in [-0.4, -0.2) is 57.4 Å². The Labute approximate surface area is 149 Å². The molecule has 0 unspecified atom stereocenters. The summed E-state index contributed by atoms with van der Waals surface area (Å²) in [7, 11) is 0. The van der Waals surface area contributed by atoms with Gasteiger partial charge in [-0.25, -0.2) is 9.67 Å². The summed E-state index contributed by atoms with van der Waals surface area (Å²) in [5.74, 6) is 2.62. The van der Waals surface area contributed by atoms with E-state index in [1.165, 1.54) is 45.3 Å². The van der Waals surface area contributed by atoms with Crippen molar-refractivity contribution in [2.45, 2.75) is 39.5 Å². The van der Waals surface area contributed by atoms with Crippen molar-refractivity contribution < 1.29 is 0 Å². The molecule has 25 heavy (non-hydrogen) atoms. The minimum Gasteiger partial charge on any atom is -0.355 e. The van der Waals surface area contributed by atoms with Crippen LogP contribution in [0, 0.1) is 19.8 Å². The smallest absolute Gasteiger partial charge is 0.174 e. The van der Waals surface area contributed by atoms with Gasteiger partial charge in [0, 0.05) is 25.3 Å². The lowest BCUT2D eigenvalue weighted by atomic mass is 9.96. The number of hydrogen-bond donors (Lipinski definition) is 0. The maximum absolute atomic E-state index is 4.82. The first kappa shape index (κ1) is 16.5. The van der Waals surface area contributed by atoms with E-state index < -0.39 is 0 Å². The number of likely N-dealkylation sites (tertiary alicyclic amines) is 1. The number of nitrogens with zero attached hydrogens (tertiary/aromatic N) is 6. The van der Waals surface area contributed by atoms with Gasteiger partial charge in [0.15, 0.2) is 5.82 Å². The van der Waals surface area contributed by atoms with Crippen LogP contribution in [0.3, 0.4) is 0 Å². The molecule has 6 nitrogen and oxygen atoms in total. The third-order valence-electron chi connectivity index (χ3n) is 5.49. The average Bonchev–Trinajstić information content (AvgIpc) is 3.25. The molecule has 6 heteroatoms. The van der Waals surface area contributed by atoms with E-state index in [2.05, 4.69) is 32.9 Å². The Bertz CT molecular complexity index is 710. The highest BCUT2D eigenvalue weighted by Gasteiger charge is 2.23. The van der Waals surface area contributed by atoms with Gasteiger partial charge in [0.05, 0.1) is 18.1 Å². The number of rotatable bonds is 4. The number of aromatic nitrogens is 4. The first-order valence-corrected chi connectivity index (χ1v) is 9.52. The van der Waals surface area contributed by atoms with Crippen molar-refractivity contribution in [1.29, 1.82) is 0 Å². The van der Waals surface area contributed by atoms with Gasteiger partial charge in [0.2, 0.25) is 0 Å². The summed E-state index contributed by atoms with van der Waals surface area (Å²) in [5.41, 5.74) is 2.10. The summed E-state index contributed by atoms with van der Waals surface area (Å²) < 4.78 is 1.88. The van der Waals surface area contributed by atoms with Gasteiger partial charge in [0.1, 0.15) is 5.82 Å². The fraction of sp³-hybridized carbons (Fsp3) is 0.632. The van der Waals surface area contributed by atoms with Gasteiger partial charge in [0.25, 0.3) is 0 Å². The first-order valence-electron chi connectivity index (χ1n) is 9.52. The Hall–Kier alpha value is -1.95. The Balaban J connectivity index is 1.41. The molecule has 2 aromatic rings. The standard InChI is InChI=1S/C19H28N6/c1-15-11-16(2)25(22-15)19-13-20-12-18(21-19)24-9-5-17(6-10-24)14-23-7-3-4-8-23/h11-13,17H,3-10,14H2,1-2H3. The monoisotopic (exact) mass is 340 g/mol. The van der Waals surface area contributed by atoms with Crippen LogP contribution >= 0.6 is 0 Å². The minimum atomic E-state index is 0.808. The fourth-order valence-electron chi connectivity index (χ4n) is 4.14. The third-order valence-corrected chi connectivity index (χ3v) is 5.49. The summed E-state index contributed by atoms with van der Waals surface area (Å²) in [6.45, 7) is 10.1. The van der Waals surface area contributed by atoms with Crippen molar-refractivity contribution in [2.24, 2.45) is 5.92 Å². The van der Waals surface area contributed by atoms with Crippen molar-refractivity contribution in [2.75, 3.05) is 37.6 Å². The molecule has 2 saturated heterocycles. The van der Waals surface area contributed by atoms with Crippen molar-refractivity contribution in [3.8, 4) is 5.82 Å². The van der Waals surface area contributed by atoms with Gasteiger partial charge in [-0.3, -0.25) is 4.98 Å². The zero-order valence-electron chi connectivity index (χ0n) is 15.4. The highest BCUT2D eigenvalue weighted by Crippen LogP contribution is 2.24. The molecule has 0 aromatic carbocycles. The molecule has 2 aliphatic heterocycles. The molecule has 0 radical (unpaired) electrons. The molecule has 2 aliphatic rings. The van der Waals surface area contributed by atoms with Gasteiger partial charge in [-0.05, 0) is 64.6 Å². The molecule has 0 atom stereocenters. The van der Waals surface area contributed by atoms with Crippen molar-refractivity contribution >= 4 is 5.82 Å². The van der Waals surface area contributed by atoms with Gasteiger partial charge >= 0.3 is 0 Å². The first-order chi connectivity index (χ1) is 12.2. The minimum absolute atomic E-state index is 0.808. The molecule has 0 saturated carbocycles. The normalized spacial score (nSPS) is 19.7. The zero-order chi connectivity index (χ0) is 17.2. The molecular weight excluding hydrogens is 312 g/mol. The zero-order valence-corrected chi connectivity index (χ0v) is 15.4. The van der Waals surface area contributed by atoms with E-state index >= 15 is 0 Å². The second-order valence-corrected chi connectivity index (χ2v) is 7.51. The molecular formula is C19H28N6. The summed E-state index contributed by atoms with van der Waals surface area (Å²) in [6, 6.07) is 2.07. The van der Waals surface area contributed by atoms with Gasteiger partial charge < -0.3 is 9.80 Å². The average molecular weight is 340 g/mol. The molecule has 0 bridgehead atoms. The summed E-state index contributed by atoms with van der Waals surface area (Å²) >= 11 is 0. The van der Waals surface area contributed by atoms with Crippen molar-refractivity contribution in [3.63, 3.8) is 0 Å². The van der Waals surface area contributed by atoms with Gasteiger partial charge in [-0.15, -0.1) is 0 Å². The van der Waals surface area contributed by atoms with Gasteiger partial charge in [-0.2, -0.15) is 5.10 Å². The highest BCUT2D eigenvalue weighted by molar-refractivity contribution is 5.40. The number of anilines is 1. The fourth-order valence-corrected chi connectivity index (χ4v) is 4.14. The van der Waals surface area contributed by atoms with E-state index in [0.29, 0.717) is 0 Å². The highest BCUT2D eigenvalue weighted by atomic mass is 15.3. The Morgan fingerprint density at radius 2 is 1.72 bits per heavy atom. The second-order valence-electron chi connectivity index (χ2n) is 7.51. The van der Waals surface area contributed by atoms with E-state index in [9.17, 15) is 0 Å². The van der Waals surface area contributed by atoms with E-state index in [1.807, 2.05) is 17.8 Å². The number of aryl methyl sites for hydroxylation is 2. The van der Waals surface area contributed by atoms with Crippen LogP contribution in [0.1, 0.15) is 37.1 Å². The Kier molecular flexibility index (Phi) is 4.70. The van der Waals surface area contributed by atoms with E-state index in [4.69, 9.17) is 4.98 Å². The number of hydrogen-bond acceptors (Lipinski definition) is 5. The predicted octanol–water partition coefficient (Wildman–Crippen LogP) is 2.59. The van der Waals surface area contributed by atoms with E-state index in [-0.39, 0.29) is 0 Å². The van der Waals surface area contributed by atoms with Crippen molar-refractivity contribution in [3.05, 3.63) is 29.8 Å². The lowest BCUT2D eigenvalue weighted by Crippen LogP contribution is -2.38. The van der Waals surface area contributed by atoms with Crippen LogP contribution in [-0.2, 0) is 0 Å². The molecule has 0 amide bonds. The van der Waals surface area contributed by atoms with Crippen LogP contribution in [0.4, 0.5) is 5.82 Å². The molecule has 2 fully saturated rings. The molecule has 0 spiro atoms. The Morgan fingerprint density at radius 1 is 1.00 bits per heavy atom. The predicted molar refractivity (Wildman–Crippen MR) is 99.2 cm³/mol. The largest absolute Gasteiger partial charge is 0.355 e. The molecule has 134 valence electrons. The summed E-state index contributed by atoms with van der Waals surface area (Å²) in [6.07, 6.45) is 8.95. The van der Waals surface area contributed by atoms with Crippen LogP contribution < -0.4 is 4.90 Å².